The normalized spacial score (nSPS) is 12.6. The maximum absolute atomic E-state index is 11.2. The monoisotopic (exact) mass is 272 g/mol. The van der Waals surface area contributed by atoms with Crippen LogP contribution in [0.2, 0.25) is 0 Å². The van der Waals surface area contributed by atoms with Crippen molar-refractivity contribution in [2.75, 3.05) is 13.7 Å². The first-order chi connectivity index (χ1) is 8.40. The second kappa shape index (κ2) is 5.69. The lowest BCUT2D eigenvalue weighted by molar-refractivity contribution is 0.182. The average Bonchev–Trinajstić information content (AvgIpc) is 2.34. The van der Waals surface area contributed by atoms with Gasteiger partial charge in [-0.1, -0.05) is 5.11 Å². The topological polar surface area (TPSA) is 138 Å². The molecular weight excluding hydrogens is 260 g/mol. The van der Waals surface area contributed by atoms with E-state index in [4.69, 9.17) is 15.4 Å². The fourth-order valence-electron chi connectivity index (χ4n) is 1.36. The number of aliphatic hydroxyl groups is 1. The number of rotatable bonds is 5. The van der Waals surface area contributed by atoms with Crippen LogP contribution in [-0.2, 0) is 10.0 Å². The molecule has 0 fully saturated rings. The van der Waals surface area contributed by atoms with Crippen molar-refractivity contribution in [3.05, 3.63) is 34.2 Å². The first-order valence-corrected chi connectivity index (χ1v) is 6.34. The van der Waals surface area contributed by atoms with E-state index in [1.807, 2.05) is 0 Å². The summed E-state index contributed by atoms with van der Waals surface area (Å²) in [5.41, 5.74) is 8.36. The highest BCUT2D eigenvalue weighted by molar-refractivity contribution is 7.89. The zero-order chi connectivity index (χ0) is 13.8. The summed E-state index contributed by atoms with van der Waals surface area (Å²) in [6, 6.07) is 3.82. The third kappa shape index (κ3) is 3.34. The van der Waals surface area contributed by atoms with E-state index >= 15 is 0 Å². The van der Waals surface area contributed by atoms with E-state index in [1.54, 1.807) is 0 Å². The number of aliphatic hydroxyl groups excluding tert-OH is 1. The van der Waals surface area contributed by atoms with Crippen molar-refractivity contribution in [2.45, 2.75) is 11.0 Å². The Morgan fingerprint density at radius 3 is 2.78 bits per heavy atom. The van der Waals surface area contributed by atoms with Gasteiger partial charge in [0.1, 0.15) is 5.75 Å². The lowest BCUT2D eigenvalue weighted by Crippen LogP contribution is -2.13. The molecule has 8 nitrogen and oxygen atoms in total. The Morgan fingerprint density at radius 1 is 1.61 bits per heavy atom. The largest absolute Gasteiger partial charge is 0.496 e. The summed E-state index contributed by atoms with van der Waals surface area (Å²) >= 11 is 0. The summed E-state index contributed by atoms with van der Waals surface area (Å²) < 4.78 is 27.4. The molecule has 0 amide bonds. The molecule has 1 rings (SSSR count). The highest BCUT2D eigenvalue weighted by atomic mass is 32.2. The van der Waals surface area contributed by atoms with Crippen LogP contribution < -0.4 is 9.88 Å². The molecule has 98 valence electrons. The number of methoxy groups -OCH3 is 1. The fraction of sp³-hybridized carbons (Fsp3) is 0.333. The molecule has 0 saturated carbocycles. The maximum Gasteiger partial charge on any atom is 0.238 e. The second-order valence-electron chi connectivity index (χ2n) is 3.38. The van der Waals surface area contributed by atoms with Crippen molar-refractivity contribution in [1.29, 1.82) is 0 Å². The molecule has 1 unspecified atom stereocenters. The van der Waals surface area contributed by atoms with Gasteiger partial charge in [0.25, 0.3) is 0 Å². The van der Waals surface area contributed by atoms with Crippen LogP contribution in [0.25, 0.3) is 10.4 Å². The van der Waals surface area contributed by atoms with Crippen LogP contribution >= 0.6 is 0 Å². The first-order valence-electron chi connectivity index (χ1n) is 4.79. The number of nitrogens with zero attached hydrogens (tertiary/aromatic N) is 3. The predicted octanol–water partition coefficient (Wildman–Crippen LogP) is 0.686. The number of nitrogens with two attached hydrogens (primary N) is 1. The zero-order valence-corrected chi connectivity index (χ0v) is 10.3. The molecule has 1 aromatic carbocycles. The van der Waals surface area contributed by atoms with Gasteiger partial charge in [-0.15, -0.1) is 0 Å². The second-order valence-corrected chi connectivity index (χ2v) is 4.94. The summed E-state index contributed by atoms with van der Waals surface area (Å²) in [6.45, 7) is -0.235. The van der Waals surface area contributed by atoms with Crippen LogP contribution in [0.5, 0.6) is 5.75 Å². The van der Waals surface area contributed by atoms with Gasteiger partial charge >= 0.3 is 0 Å². The highest BCUT2D eigenvalue weighted by Crippen LogP contribution is 2.27. The van der Waals surface area contributed by atoms with E-state index < -0.39 is 16.1 Å². The highest BCUT2D eigenvalue weighted by Gasteiger charge is 2.17. The van der Waals surface area contributed by atoms with Gasteiger partial charge in [0.05, 0.1) is 24.7 Å². The molecule has 0 heterocycles. The van der Waals surface area contributed by atoms with Crippen molar-refractivity contribution in [2.24, 2.45) is 10.3 Å². The number of hydrogen-bond donors (Lipinski definition) is 2. The lowest BCUT2D eigenvalue weighted by atomic mass is 10.1. The third-order valence-electron chi connectivity index (χ3n) is 2.21. The number of hydrogen-bond acceptors (Lipinski definition) is 5. The molecule has 3 N–H and O–H groups in total. The quantitative estimate of drug-likeness (QED) is 0.462. The van der Waals surface area contributed by atoms with Crippen LogP contribution in [0.3, 0.4) is 0 Å². The van der Waals surface area contributed by atoms with E-state index in [2.05, 4.69) is 10.0 Å². The first kappa shape index (κ1) is 14.3. The fourth-order valence-corrected chi connectivity index (χ4v) is 1.91. The van der Waals surface area contributed by atoms with E-state index in [9.17, 15) is 13.5 Å². The molecule has 0 radical (unpaired) electrons. The Balaban J connectivity index is 3.26. The lowest BCUT2D eigenvalue weighted by Gasteiger charge is -2.13. The van der Waals surface area contributed by atoms with Crippen molar-refractivity contribution in [3.8, 4) is 5.75 Å². The number of benzene rings is 1. The summed E-state index contributed by atoms with van der Waals surface area (Å²) in [5, 5.41) is 18.0. The van der Waals surface area contributed by atoms with Crippen LogP contribution in [0.4, 0.5) is 0 Å². The molecule has 1 atom stereocenters. The number of azide groups is 1. The molecule has 0 saturated heterocycles. The molecule has 0 aliphatic heterocycles. The van der Waals surface area contributed by atoms with Crippen LogP contribution in [0.15, 0.2) is 28.2 Å². The van der Waals surface area contributed by atoms with Crippen molar-refractivity contribution < 1.29 is 18.3 Å². The van der Waals surface area contributed by atoms with Gasteiger partial charge in [-0.3, -0.25) is 0 Å². The minimum absolute atomic E-state index is 0.154. The minimum atomic E-state index is -3.87. The van der Waals surface area contributed by atoms with E-state index in [-0.39, 0.29) is 22.8 Å². The maximum atomic E-state index is 11.2. The van der Waals surface area contributed by atoms with Gasteiger partial charge in [-0.25, -0.2) is 13.6 Å². The zero-order valence-electron chi connectivity index (χ0n) is 9.52. The predicted molar refractivity (Wildman–Crippen MR) is 63.3 cm³/mol. The summed E-state index contributed by atoms with van der Waals surface area (Å²) in [7, 11) is -2.50. The summed E-state index contributed by atoms with van der Waals surface area (Å²) in [4.78, 5) is 2.35. The molecule has 0 spiro atoms. The van der Waals surface area contributed by atoms with E-state index in [0.29, 0.717) is 0 Å². The summed E-state index contributed by atoms with van der Waals surface area (Å²) in [6.07, 6.45) is -1.17. The van der Waals surface area contributed by atoms with E-state index in [1.165, 1.54) is 25.3 Å². The van der Waals surface area contributed by atoms with Gasteiger partial charge in [-0.05, 0) is 23.7 Å². The summed E-state index contributed by atoms with van der Waals surface area (Å²) in [5.74, 6) is 0.281. The molecule has 18 heavy (non-hydrogen) atoms. The molecule has 0 bridgehead atoms. The number of sulfonamides is 1. The van der Waals surface area contributed by atoms with E-state index in [0.717, 1.165) is 0 Å². The molecular formula is C9H12N4O4S. The molecule has 0 aliphatic carbocycles. The van der Waals surface area contributed by atoms with Crippen molar-refractivity contribution in [3.63, 3.8) is 0 Å². The Bertz CT molecular complexity index is 580. The molecule has 0 aromatic heterocycles. The Hall–Kier alpha value is -1.80. The van der Waals surface area contributed by atoms with Gasteiger partial charge in [-0.2, -0.15) is 0 Å². The van der Waals surface area contributed by atoms with Crippen LogP contribution in [0.1, 0.15) is 11.7 Å². The van der Waals surface area contributed by atoms with Gasteiger partial charge < -0.3 is 9.84 Å². The Morgan fingerprint density at radius 2 is 2.28 bits per heavy atom. The Labute approximate surface area is 104 Å². The van der Waals surface area contributed by atoms with Crippen LogP contribution in [-0.4, -0.2) is 27.2 Å². The number of ether oxygens (including phenoxy) is 1. The van der Waals surface area contributed by atoms with Gasteiger partial charge in [0.15, 0.2) is 0 Å². The number of primary sulfonamides is 1. The Kier molecular flexibility index (Phi) is 4.51. The van der Waals surface area contributed by atoms with Gasteiger partial charge in [0.2, 0.25) is 10.0 Å². The molecule has 0 aliphatic rings. The molecule has 1 aromatic rings. The third-order valence-corrected chi connectivity index (χ3v) is 3.12. The van der Waals surface area contributed by atoms with Gasteiger partial charge in [0, 0.05) is 10.5 Å². The van der Waals surface area contributed by atoms with Crippen molar-refractivity contribution >= 4 is 10.0 Å². The standard InChI is InChI=1S/C9H12N4O4S/c1-17-9-3-2-6(18(11,15)16)4-7(9)8(14)5-12-13-10/h2-4,8,14H,5H2,1H3,(H2,11,15,16). The van der Waals surface area contributed by atoms with Crippen molar-refractivity contribution in [1.82, 2.24) is 0 Å². The average molecular weight is 272 g/mol. The SMILES string of the molecule is COc1ccc(S(N)(=O)=O)cc1C(O)CN=[N+]=[N-]. The smallest absolute Gasteiger partial charge is 0.238 e. The van der Waals surface area contributed by atoms with Crippen LogP contribution in [0, 0.1) is 0 Å². The molecule has 9 heteroatoms. The minimum Gasteiger partial charge on any atom is -0.496 e.